The van der Waals surface area contributed by atoms with E-state index in [-0.39, 0.29) is 11.9 Å². The molecule has 0 radical (unpaired) electrons. The minimum Gasteiger partial charge on any atom is -0.346 e. The quantitative estimate of drug-likeness (QED) is 0.913. The summed E-state index contributed by atoms with van der Waals surface area (Å²) in [6, 6.07) is 1.93. The monoisotopic (exact) mass is 277 g/mol. The van der Waals surface area contributed by atoms with E-state index < -0.39 is 0 Å². The van der Waals surface area contributed by atoms with Gasteiger partial charge in [-0.3, -0.25) is 4.79 Å². The second-order valence-electron chi connectivity index (χ2n) is 4.99. The molecule has 4 nitrogen and oxygen atoms in total. The molecule has 1 N–H and O–H groups in total. The van der Waals surface area contributed by atoms with Crippen molar-refractivity contribution in [3.8, 4) is 0 Å². The summed E-state index contributed by atoms with van der Waals surface area (Å²) in [6.07, 6.45) is 4.09. The lowest BCUT2D eigenvalue weighted by atomic mass is 10.0. The number of aryl methyl sites for hydroxylation is 1. The van der Waals surface area contributed by atoms with Crippen molar-refractivity contribution >= 4 is 17.2 Å². The molecule has 1 unspecified atom stereocenters. The highest BCUT2D eigenvalue weighted by atomic mass is 32.1. The maximum absolute atomic E-state index is 12.1. The van der Waals surface area contributed by atoms with E-state index >= 15 is 0 Å². The van der Waals surface area contributed by atoms with Gasteiger partial charge in [-0.15, -0.1) is 0 Å². The van der Waals surface area contributed by atoms with E-state index in [1.54, 1.807) is 17.5 Å². The normalized spacial score (nSPS) is 12.6. The zero-order valence-corrected chi connectivity index (χ0v) is 12.3. The number of imidazole rings is 1. The zero-order valence-electron chi connectivity index (χ0n) is 11.5. The van der Waals surface area contributed by atoms with Crippen LogP contribution in [0.2, 0.25) is 0 Å². The Balaban J connectivity index is 2.05. The van der Waals surface area contributed by atoms with Crippen LogP contribution >= 0.6 is 11.3 Å². The highest BCUT2D eigenvalue weighted by Gasteiger charge is 2.21. The standard InChI is InChI=1S/C14H19N3OS/c1-10(2)13(14-15-5-6-17(14)3)16-12(18)8-11-4-7-19-9-11/h4-7,9-10,13H,8H2,1-3H3,(H,16,18). The number of nitrogens with one attached hydrogen (secondary N) is 1. The van der Waals surface area contributed by atoms with Crippen molar-refractivity contribution in [1.82, 2.24) is 14.9 Å². The second-order valence-corrected chi connectivity index (χ2v) is 5.77. The van der Waals surface area contributed by atoms with Gasteiger partial charge in [0.05, 0.1) is 12.5 Å². The molecule has 0 aliphatic heterocycles. The minimum atomic E-state index is -0.0499. The smallest absolute Gasteiger partial charge is 0.225 e. The molecule has 102 valence electrons. The average Bonchev–Trinajstić information content (AvgIpc) is 2.97. The van der Waals surface area contributed by atoms with Crippen LogP contribution in [0.3, 0.4) is 0 Å². The maximum Gasteiger partial charge on any atom is 0.225 e. The van der Waals surface area contributed by atoms with Gasteiger partial charge in [-0.2, -0.15) is 11.3 Å². The molecule has 19 heavy (non-hydrogen) atoms. The summed E-state index contributed by atoms with van der Waals surface area (Å²) in [6.45, 7) is 4.18. The van der Waals surface area contributed by atoms with Crippen LogP contribution in [0.5, 0.6) is 0 Å². The molecule has 0 spiro atoms. The first kappa shape index (κ1) is 13.8. The Morgan fingerprint density at radius 1 is 1.53 bits per heavy atom. The molecule has 2 rings (SSSR count). The topological polar surface area (TPSA) is 46.9 Å². The van der Waals surface area contributed by atoms with Crippen LogP contribution in [0.25, 0.3) is 0 Å². The number of nitrogens with zero attached hydrogens (tertiary/aromatic N) is 2. The molecule has 5 heteroatoms. The molecular weight excluding hydrogens is 258 g/mol. The lowest BCUT2D eigenvalue weighted by Crippen LogP contribution is -2.34. The third kappa shape index (κ3) is 3.44. The van der Waals surface area contributed by atoms with Gasteiger partial charge in [0.2, 0.25) is 5.91 Å². The Morgan fingerprint density at radius 3 is 2.84 bits per heavy atom. The van der Waals surface area contributed by atoms with Gasteiger partial charge in [0.25, 0.3) is 0 Å². The summed E-state index contributed by atoms with van der Waals surface area (Å²) < 4.78 is 1.95. The van der Waals surface area contributed by atoms with Gasteiger partial charge < -0.3 is 9.88 Å². The third-order valence-electron chi connectivity index (χ3n) is 3.06. The number of hydrogen-bond donors (Lipinski definition) is 1. The fourth-order valence-corrected chi connectivity index (χ4v) is 2.68. The lowest BCUT2D eigenvalue weighted by Gasteiger charge is -2.22. The molecule has 0 aliphatic carbocycles. The SMILES string of the molecule is CC(C)C(NC(=O)Cc1ccsc1)c1nccn1C. The summed E-state index contributed by atoms with van der Waals surface area (Å²) in [5, 5.41) is 7.07. The molecule has 0 bridgehead atoms. The van der Waals surface area contributed by atoms with Gasteiger partial charge in [-0.25, -0.2) is 4.98 Å². The van der Waals surface area contributed by atoms with Gasteiger partial charge >= 0.3 is 0 Å². The van der Waals surface area contributed by atoms with Crippen LogP contribution in [0.15, 0.2) is 29.2 Å². The number of hydrogen-bond acceptors (Lipinski definition) is 3. The summed E-state index contributed by atoms with van der Waals surface area (Å²) >= 11 is 1.61. The highest BCUT2D eigenvalue weighted by molar-refractivity contribution is 7.07. The first-order valence-electron chi connectivity index (χ1n) is 6.35. The first-order valence-corrected chi connectivity index (χ1v) is 7.30. The molecule has 0 saturated heterocycles. The number of amides is 1. The number of carbonyl (C=O) groups is 1. The number of thiophene rings is 1. The van der Waals surface area contributed by atoms with E-state index in [0.29, 0.717) is 12.3 Å². The van der Waals surface area contributed by atoms with E-state index in [4.69, 9.17) is 0 Å². The molecule has 2 aromatic heterocycles. The van der Waals surface area contributed by atoms with E-state index in [1.165, 1.54) is 0 Å². The molecule has 1 amide bonds. The Morgan fingerprint density at radius 2 is 2.32 bits per heavy atom. The van der Waals surface area contributed by atoms with Gasteiger partial charge in [0.15, 0.2) is 0 Å². The molecule has 1 atom stereocenters. The van der Waals surface area contributed by atoms with Crippen LogP contribution in [-0.2, 0) is 18.3 Å². The predicted molar refractivity (Wildman–Crippen MR) is 77.0 cm³/mol. The lowest BCUT2D eigenvalue weighted by molar-refractivity contribution is -0.121. The van der Waals surface area contributed by atoms with Gasteiger partial charge in [0.1, 0.15) is 5.82 Å². The number of carbonyl (C=O) groups excluding carboxylic acids is 1. The van der Waals surface area contributed by atoms with Crippen molar-refractivity contribution in [2.75, 3.05) is 0 Å². The van der Waals surface area contributed by atoms with Crippen LogP contribution in [0.1, 0.15) is 31.3 Å². The molecule has 0 aromatic carbocycles. The number of rotatable bonds is 5. The summed E-state index contributed by atoms with van der Waals surface area (Å²) in [5.41, 5.74) is 1.06. The Kier molecular flexibility index (Phi) is 4.37. The summed E-state index contributed by atoms with van der Waals surface area (Å²) in [5.74, 6) is 1.24. The van der Waals surface area contributed by atoms with E-state index in [0.717, 1.165) is 11.4 Å². The Bertz CT molecular complexity index is 531. The number of aromatic nitrogens is 2. The second kappa shape index (κ2) is 6.02. The van der Waals surface area contributed by atoms with Gasteiger partial charge in [0, 0.05) is 19.4 Å². The largest absolute Gasteiger partial charge is 0.346 e. The van der Waals surface area contributed by atoms with Crippen LogP contribution in [0.4, 0.5) is 0 Å². The Hall–Kier alpha value is -1.62. The zero-order chi connectivity index (χ0) is 13.8. The van der Waals surface area contributed by atoms with Gasteiger partial charge in [-0.1, -0.05) is 13.8 Å². The van der Waals surface area contributed by atoms with Crippen molar-refractivity contribution in [3.63, 3.8) is 0 Å². The third-order valence-corrected chi connectivity index (χ3v) is 3.80. The molecule has 0 saturated carbocycles. The summed E-state index contributed by atoms with van der Waals surface area (Å²) in [4.78, 5) is 16.4. The summed E-state index contributed by atoms with van der Waals surface area (Å²) in [7, 11) is 1.95. The first-order chi connectivity index (χ1) is 9.08. The van der Waals surface area contributed by atoms with Crippen LogP contribution < -0.4 is 5.32 Å². The van der Waals surface area contributed by atoms with E-state index in [2.05, 4.69) is 24.1 Å². The maximum atomic E-state index is 12.1. The predicted octanol–water partition coefficient (Wildman–Crippen LogP) is 2.54. The molecular formula is C14H19N3OS. The fourth-order valence-electron chi connectivity index (χ4n) is 2.01. The molecule has 0 fully saturated rings. The molecule has 2 heterocycles. The van der Waals surface area contributed by atoms with Crippen LogP contribution in [0, 0.1) is 5.92 Å². The molecule has 2 aromatic rings. The highest BCUT2D eigenvalue weighted by Crippen LogP contribution is 2.19. The van der Waals surface area contributed by atoms with Crippen molar-refractivity contribution in [3.05, 3.63) is 40.6 Å². The average molecular weight is 277 g/mol. The van der Waals surface area contributed by atoms with Crippen molar-refractivity contribution in [2.24, 2.45) is 13.0 Å². The van der Waals surface area contributed by atoms with Crippen LogP contribution in [-0.4, -0.2) is 15.5 Å². The fraction of sp³-hybridized carbons (Fsp3) is 0.429. The van der Waals surface area contributed by atoms with Gasteiger partial charge in [-0.05, 0) is 28.3 Å². The Labute approximate surface area is 117 Å². The van der Waals surface area contributed by atoms with E-state index in [9.17, 15) is 4.79 Å². The molecule has 0 aliphatic rings. The minimum absolute atomic E-state index is 0.0418. The van der Waals surface area contributed by atoms with Crippen molar-refractivity contribution < 1.29 is 4.79 Å². The van der Waals surface area contributed by atoms with E-state index in [1.807, 2.05) is 34.6 Å². The van der Waals surface area contributed by atoms with Crippen molar-refractivity contribution in [2.45, 2.75) is 26.3 Å². The van der Waals surface area contributed by atoms with Crippen molar-refractivity contribution in [1.29, 1.82) is 0 Å².